The number of amides is 1. The average Bonchev–Trinajstić information content (AvgIpc) is 2.63. The van der Waals surface area contributed by atoms with Crippen molar-refractivity contribution in [2.75, 3.05) is 0 Å². The van der Waals surface area contributed by atoms with Gasteiger partial charge in [0.25, 0.3) is 0 Å². The molecule has 0 spiro atoms. The van der Waals surface area contributed by atoms with Crippen LogP contribution in [0.25, 0.3) is 0 Å². The molecule has 1 amide bonds. The van der Waals surface area contributed by atoms with Gasteiger partial charge in [-0.1, -0.05) is 56.5 Å². The normalized spacial score (nSPS) is 16.2. The van der Waals surface area contributed by atoms with E-state index in [1.54, 1.807) is 12.1 Å². The zero-order valence-electron chi connectivity index (χ0n) is 17.3. The van der Waals surface area contributed by atoms with E-state index in [1.165, 1.54) is 32.1 Å². The Morgan fingerprint density at radius 3 is 2.46 bits per heavy atom. The number of benzene rings is 1. The van der Waals surface area contributed by atoms with Gasteiger partial charge in [0.2, 0.25) is 0 Å². The first-order chi connectivity index (χ1) is 13.2. The Hall–Kier alpha value is -1.82. The molecule has 3 N–H and O–H groups in total. The van der Waals surface area contributed by atoms with Crippen molar-refractivity contribution in [3.8, 4) is 5.75 Å². The Balaban J connectivity index is 1.93. The third-order valence-electron chi connectivity index (χ3n) is 5.00. The molecule has 0 aromatic heterocycles. The molecule has 1 atom stereocenters. The molecule has 1 aliphatic carbocycles. The summed E-state index contributed by atoms with van der Waals surface area (Å²) in [6.45, 7) is 6.11. The van der Waals surface area contributed by atoms with Gasteiger partial charge in [-0.3, -0.25) is 0 Å². The molecule has 0 radical (unpaired) electrons. The van der Waals surface area contributed by atoms with Gasteiger partial charge in [0.15, 0.2) is 0 Å². The van der Waals surface area contributed by atoms with Crippen LogP contribution in [0.15, 0.2) is 24.3 Å². The number of nitrogens with one attached hydrogen (secondary N) is 2. The maximum absolute atomic E-state index is 12.3. The van der Waals surface area contributed by atoms with Crippen molar-refractivity contribution in [2.24, 2.45) is 5.92 Å². The average molecular weight is 407 g/mol. The summed E-state index contributed by atoms with van der Waals surface area (Å²) in [7, 11) is 0. The number of ether oxygens (including phenoxy) is 1. The molecule has 2 rings (SSSR count). The first-order valence-electron chi connectivity index (χ1n) is 10.3. The maximum atomic E-state index is 12.3. The van der Waals surface area contributed by atoms with E-state index in [-0.39, 0.29) is 11.8 Å². The monoisotopic (exact) mass is 406 g/mol. The van der Waals surface area contributed by atoms with E-state index in [9.17, 15) is 9.90 Å². The van der Waals surface area contributed by atoms with Gasteiger partial charge in [0.05, 0.1) is 11.0 Å². The van der Waals surface area contributed by atoms with E-state index in [1.807, 2.05) is 32.9 Å². The molecule has 6 heteroatoms. The number of hydrogen-bond donors (Lipinski definition) is 3. The lowest BCUT2D eigenvalue weighted by Crippen LogP contribution is -2.47. The van der Waals surface area contributed by atoms with Crippen molar-refractivity contribution in [1.82, 2.24) is 10.6 Å². The van der Waals surface area contributed by atoms with Crippen molar-refractivity contribution in [2.45, 2.75) is 83.9 Å². The lowest BCUT2D eigenvalue weighted by atomic mass is 9.85. The van der Waals surface area contributed by atoms with Crippen LogP contribution in [0.5, 0.6) is 5.75 Å². The van der Waals surface area contributed by atoms with Crippen LogP contribution in [-0.2, 0) is 11.3 Å². The summed E-state index contributed by atoms with van der Waals surface area (Å²) >= 11 is 5.60. The number of thiocarbonyl (C=S) groups is 1. The van der Waals surface area contributed by atoms with Gasteiger partial charge in [-0.25, -0.2) is 4.79 Å². The van der Waals surface area contributed by atoms with Gasteiger partial charge in [0.1, 0.15) is 11.4 Å². The topological polar surface area (TPSA) is 70.6 Å². The predicted molar refractivity (Wildman–Crippen MR) is 117 cm³/mol. The quantitative estimate of drug-likeness (QED) is 0.552. The van der Waals surface area contributed by atoms with Crippen LogP contribution in [0.1, 0.15) is 71.3 Å². The van der Waals surface area contributed by atoms with Crippen molar-refractivity contribution in [3.05, 3.63) is 29.8 Å². The molecule has 1 aromatic carbocycles. The van der Waals surface area contributed by atoms with Gasteiger partial charge in [-0.15, -0.1) is 0 Å². The molecule has 28 heavy (non-hydrogen) atoms. The second kappa shape index (κ2) is 10.6. The van der Waals surface area contributed by atoms with Gasteiger partial charge in [0, 0.05) is 6.54 Å². The first-order valence-corrected chi connectivity index (χ1v) is 10.7. The van der Waals surface area contributed by atoms with Crippen LogP contribution in [-0.4, -0.2) is 27.8 Å². The molecule has 1 fully saturated rings. The summed E-state index contributed by atoms with van der Waals surface area (Å²) in [5.41, 5.74) is 0.475. The third kappa shape index (κ3) is 8.46. The molecule has 0 aliphatic heterocycles. The molecule has 1 unspecified atom stereocenters. The second-order valence-corrected chi connectivity index (χ2v) is 9.10. The Kier molecular flexibility index (Phi) is 8.55. The molecule has 1 aromatic rings. The molecule has 5 nitrogen and oxygen atoms in total. The molecule has 0 saturated heterocycles. The van der Waals surface area contributed by atoms with E-state index in [4.69, 9.17) is 17.0 Å². The number of alkyl carbamates (subject to hydrolysis) is 1. The van der Waals surface area contributed by atoms with Crippen molar-refractivity contribution in [1.29, 1.82) is 0 Å². The van der Waals surface area contributed by atoms with Crippen LogP contribution in [0.3, 0.4) is 0 Å². The van der Waals surface area contributed by atoms with E-state index in [0.29, 0.717) is 11.5 Å². The number of carbonyl (C=O) groups excluding carboxylic acids is 1. The Bertz CT molecular complexity index is 634. The summed E-state index contributed by atoms with van der Waals surface area (Å²) in [5, 5.41) is 15.6. The highest BCUT2D eigenvalue weighted by molar-refractivity contribution is 7.80. The zero-order chi connectivity index (χ0) is 20.6. The molecular weight excluding hydrogens is 372 g/mol. The molecule has 1 aliphatic rings. The number of aromatic hydroxyl groups is 1. The van der Waals surface area contributed by atoms with Crippen LogP contribution < -0.4 is 10.6 Å². The zero-order valence-corrected chi connectivity index (χ0v) is 18.1. The molecule has 0 heterocycles. The van der Waals surface area contributed by atoms with E-state index < -0.39 is 11.7 Å². The SMILES string of the molecule is CC(C)(C)OC(=O)NC(CCC1CCCCC1)C(=S)NCc1ccc(O)cc1. The van der Waals surface area contributed by atoms with E-state index >= 15 is 0 Å². The number of rotatable bonds is 7. The summed E-state index contributed by atoms with van der Waals surface area (Å²) in [6, 6.07) is 6.76. The number of hydrogen-bond acceptors (Lipinski definition) is 4. The van der Waals surface area contributed by atoms with Crippen molar-refractivity contribution in [3.63, 3.8) is 0 Å². The summed E-state index contributed by atoms with van der Waals surface area (Å²) in [6.07, 6.45) is 7.92. The van der Waals surface area contributed by atoms with Crippen LogP contribution in [0, 0.1) is 5.92 Å². The Labute approximate surface area is 174 Å². The van der Waals surface area contributed by atoms with Gasteiger partial charge in [-0.2, -0.15) is 0 Å². The van der Waals surface area contributed by atoms with E-state index in [0.717, 1.165) is 24.3 Å². The fourth-order valence-electron chi connectivity index (χ4n) is 3.52. The number of phenolic OH excluding ortho intramolecular Hbond substituents is 1. The van der Waals surface area contributed by atoms with Crippen LogP contribution in [0.4, 0.5) is 4.79 Å². The molecule has 156 valence electrons. The minimum Gasteiger partial charge on any atom is -0.508 e. The molecule has 0 bridgehead atoms. The summed E-state index contributed by atoms with van der Waals surface area (Å²) < 4.78 is 5.42. The summed E-state index contributed by atoms with van der Waals surface area (Å²) in [4.78, 5) is 12.9. The van der Waals surface area contributed by atoms with E-state index in [2.05, 4.69) is 10.6 Å². The molecule has 1 saturated carbocycles. The smallest absolute Gasteiger partial charge is 0.408 e. The predicted octanol–water partition coefficient (Wildman–Crippen LogP) is 5.06. The second-order valence-electron chi connectivity index (χ2n) is 8.66. The maximum Gasteiger partial charge on any atom is 0.408 e. The van der Waals surface area contributed by atoms with Crippen LogP contribution >= 0.6 is 12.2 Å². The third-order valence-corrected chi connectivity index (χ3v) is 5.43. The highest BCUT2D eigenvalue weighted by Crippen LogP contribution is 2.28. The minimum atomic E-state index is -0.543. The minimum absolute atomic E-state index is 0.239. The fourth-order valence-corrected chi connectivity index (χ4v) is 3.77. The molecular formula is C22H34N2O3S. The van der Waals surface area contributed by atoms with Crippen molar-refractivity contribution >= 4 is 23.3 Å². The summed E-state index contributed by atoms with van der Waals surface area (Å²) in [5.74, 6) is 0.958. The highest BCUT2D eigenvalue weighted by Gasteiger charge is 2.23. The van der Waals surface area contributed by atoms with Crippen molar-refractivity contribution < 1.29 is 14.6 Å². The Morgan fingerprint density at radius 1 is 1.21 bits per heavy atom. The lowest BCUT2D eigenvalue weighted by molar-refractivity contribution is 0.0514. The van der Waals surface area contributed by atoms with Gasteiger partial charge >= 0.3 is 6.09 Å². The highest BCUT2D eigenvalue weighted by atomic mass is 32.1. The standard InChI is InChI=1S/C22H34N2O3S/c1-22(2,3)27-21(26)24-19(14-11-16-7-5-4-6-8-16)20(28)23-15-17-9-12-18(25)13-10-17/h9-10,12-13,16,19,25H,4-8,11,14-15H2,1-3H3,(H,23,28)(H,24,26). The fraction of sp³-hybridized carbons (Fsp3) is 0.636. The van der Waals surface area contributed by atoms with Crippen LogP contribution in [0.2, 0.25) is 0 Å². The van der Waals surface area contributed by atoms with Gasteiger partial charge < -0.3 is 20.5 Å². The largest absolute Gasteiger partial charge is 0.508 e. The lowest BCUT2D eigenvalue weighted by Gasteiger charge is -2.27. The first kappa shape index (κ1) is 22.5. The van der Waals surface area contributed by atoms with Gasteiger partial charge in [-0.05, 0) is 57.2 Å². The Morgan fingerprint density at radius 2 is 1.86 bits per heavy atom. The number of carbonyl (C=O) groups is 1. The number of phenols is 1.